The molecule has 6 heteroatoms. The molecule has 3 N–H and O–H groups in total. The number of aromatic nitrogens is 2. The van der Waals surface area contributed by atoms with Crippen molar-refractivity contribution in [3.8, 4) is 0 Å². The van der Waals surface area contributed by atoms with Gasteiger partial charge >= 0.3 is 0 Å². The minimum atomic E-state index is -0.312. The van der Waals surface area contributed by atoms with E-state index in [1.54, 1.807) is 6.07 Å². The van der Waals surface area contributed by atoms with Crippen LogP contribution in [0.4, 0.5) is 0 Å². The summed E-state index contributed by atoms with van der Waals surface area (Å²) < 4.78 is 0. The van der Waals surface area contributed by atoms with E-state index in [0.29, 0.717) is 28.0 Å². The number of hydrogen-bond donors (Lipinski definition) is 3. The van der Waals surface area contributed by atoms with Crippen LogP contribution >= 0.6 is 11.6 Å². The van der Waals surface area contributed by atoms with Crippen LogP contribution in [0, 0.1) is 0 Å². The number of amides is 1. The highest BCUT2D eigenvalue weighted by Crippen LogP contribution is 2.34. The minimum absolute atomic E-state index is 0.169. The molecule has 2 heterocycles. The zero-order valence-electron chi connectivity index (χ0n) is 17.1. The van der Waals surface area contributed by atoms with Gasteiger partial charge in [-0.05, 0) is 29.3 Å². The Kier molecular flexibility index (Phi) is 5.25. The highest BCUT2D eigenvalue weighted by atomic mass is 35.5. The van der Waals surface area contributed by atoms with Gasteiger partial charge in [-0.15, -0.1) is 0 Å². The Morgan fingerprint density at radius 3 is 2.38 bits per heavy atom. The van der Waals surface area contributed by atoms with Crippen molar-refractivity contribution >= 4 is 39.3 Å². The second-order valence-electron chi connectivity index (χ2n) is 7.67. The van der Waals surface area contributed by atoms with E-state index in [0.717, 1.165) is 22.0 Å². The first-order valence-electron chi connectivity index (χ1n) is 10.3. The predicted molar refractivity (Wildman–Crippen MR) is 128 cm³/mol. The lowest BCUT2D eigenvalue weighted by atomic mass is 9.90. The van der Waals surface area contributed by atoms with E-state index in [4.69, 9.17) is 11.6 Å². The molecular weight excluding hydrogens is 422 g/mol. The van der Waals surface area contributed by atoms with Crippen LogP contribution in [-0.2, 0) is 0 Å². The second-order valence-corrected chi connectivity index (χ2v) is 8.07. The van der Waals surface area contributed by atoms with Crippen molar-refractivity contribution in [2.24, 2.45) is 0 Å². The summed E-state index contributed by atoms with van der Waals surface area (Å²) >= 11 is 6.55. The number of carbonyl (C=O) groups excluding carboxylic acids is 1. The lowest BCUT2D eigenvalue weighted by Gasteiger charge is -2.19. The third-order valence-corrected chi connectivity index (χ3v) is 6.08. The monoisotopic (exact) mass is 441 g/mol. The molecule has 0 radical (unpaired) electrons. The number of pyridine rings is 1. The Labute approximate surface area is 189 Å². The topological polar surface area (TPSA) is 77.8 Å². The SMILES string of the molecule is O=C(NC[C@@H](c1ccccc1Cl)c1c[nH]c2ccccc12)c1cc(=O)[nH]c2ccccc12. The van der Waals surface area contributed by atoms with Gasteiger partial charge in [0.05, 0.1) is 5.56 Å². The molecule has 1 atom stereocenters. The number of hydrogen-bond acceptors (Lipinski definition) is 2. The summed E-state index contributed by atoms with van der Waals surface area (Å²) in [6, 6.07) is 24.3. The van der Waals surface area contributed by atoms with Gasteiger partial charge in [-0.1, -0.05) is 66.2 Å². The molecule has 0 aliphatic carbocycles. The fraction of sp³-hybridized carbons (Fsp3) is 0.0769. The molecule has 32 heavy (non-hydrogen) atoms. The number of aromatic amines is 2. The van der Waals surface area contributed by atoms with Crippen LogP contribution in [0.15, 0.2) is 89.9 Å². The zero-order chi connectivity index (χ0) is 22.1. The molecule has 1 amide bonds. The maximum absolute atomic E-state index is 13.2. The first kappa shape index (κ1) is 20.1. The number of rotatable bonds is 5. The third-order valence-electron chi connectivity index (χ3n) is 5.74. The van der Waals surface area contributed by atoms with Crippen molar-refractivity contribution in [1.29, 1.82) is 0 Å². The van der Waals surface area contributed by atoms with Gasteiger partial charge in [0.1, 0.15) is 0 Å². The highest BCUT2D eigenvalue weighted by molar-refractivity contribution is 6.31. The van der Waals surface area contributed by atoms with Gasteiger partial charge < -0.3 is 15.3 Å². The lowest BCUT2D eigenvalue weighted by Crippen LogP contribution is -2.30. The maximum atomic E-state index is 13.2. The van der Waals surface area contributed by atoms with E-state index < -0.39 is 0 Å². The summed E-state index contributed by atoms with van der Waals surface area (Å²) in [5, 5.41) is 5.45. The molecule has 0 saturated carbocycles. The van der Waals surface area contributed by atoms with Gasteiger partial charge in [0.25, 0.3) is 5.91 Å². The van der Waals surface area contributed by atoms with Crippen LogP contribution in [-0.4, -0.2) is 22.4 Å². The van der Waals surface area contributed by atoms with E-state index in [9.17, 15) is 9.59 Å². The number of fused-ring (bicyclic) bond motifs is 2. The van der Waals surface area contributed by atoms with Crippen LogP contribution in [0.5, 0.6) is 0 Å². The molecule has 0 aliphatic heterocycles. The number of halogens is 1. The highest BCUT2D eigenvalue weighted by Gasteiger charge is 2.22. The Morgan fingerprint density at radius 2 is 1.56 bits per heavy atom. The molecule has 5 aromatic rings. The van der Waals surface area contributed by atoms with Crippen molar-refractivity contribution < 1.29 is 4.79 Å². The lowest BCUT2D eigenvalue weighted by molar-refractivity contribution is 0.0954. The minimum Gasteiger partial charge on any atom is -0.361 e. The Morgan fingerprint density at radius 1 is 0.875 bits per heavy atom. The van der Waals surface area contributed by atoms with E-state index in [1.165, 1.54) is 6.07 Å². The van der Waals surface area contributed by atoms with E-state index in [2.05, 4.69) is 21.4 Å². The summed E-state index contributed by atoms with van der Waals surface area (Å²) in [4.78, 5) is 31.3. The van der Waals surface area contributed by atoms with Gasteiger partial charge in [0.15, 0.2) is 0 Å². The summed E-state index contributed by atoms with van der Waals surface area (Å²) in [5.74, 6) is -0.471. The number of carbonyl (C=O) groups is 1. The molecule has 3 aromatic carbocycles. The van der Waals surface area contributed by atoms with Crippen molar-refractivity contribution in [3.63, 3.8) is 0 Å². The third kappa shape index (κ3) is 3.67. The Hall–Kier alpha value is -3.83. The van der Waals surface area contributed by atoms with Crippen LogP contribution in [0.2, 0.25) is 5.02 Å². The molecule has 5 rings (SSSR count). The zero-order valence-corrected chi connectivity index (χ0v) is 17.8. The van der Waals surface area contributed by atoms with Crippen molar-refractivity contribution in [1.82, 2.24) is 15.3 Å². The molecule has 158 valence electrons. The molecule has 0 unspecified atom stereocenters. The first-order valence-corrected chi connectivity index (χ1v) is 10.7. The van der Waals surface area contributed by atoms with E-state index in [-0.39, 0.29) is 17.4 Å². The summed E-state index contributed by atoms with van der Waals surface area (Å²) in [5.41, 5.74) is 3.66. The quantitative estimate of drug-likeness (QED) is 0.349. The number of benzene rings is 3. The van der Waals surface area contributed by atoms with Gasteiger partial charge in [-0.25, -0.2) is 0 Å². The molecule has 0 bridgehead atoms. The summed E-state index contributed by atoms with van der Waals surface area (Å²) in [7, 11) is 0. The molecule has 0 saturated heterocycles. The van der Waals surface area contributed by atoms with Gasteiger partial charge in [-0.3, -0.25) is 9.59 Å². The summed E-state index contributed by atoms with van der Waals surface area (Å²) in [6.45, 7) is 0.325. The fourth-order valence-electron chi connectivity index (χ4n) is 4.21. The average molecular weight is 442 g/mol. The summed E-state index contributed by atoms with van der Waals surface area (Å²) in [6.07, 6.45) is 1.97. The predicted octanol–water partition coefficient (Wildman–Crippen LogP) is 5.22. The van der Waals surface area contributed by atoms with E-state index in [1.807, 2.05) is 66.9 Å². The largest absolute Gasteiger partial charge is 0.361 e. The van der Waals surface area contributed by atoms with Crippen LogP contribution in [0.25, 0.3) is 21.8 Å². The maximum Gasteiger partial charge on any atom is 0.252 e. The van der Waals surface area contributed by atoms with E-state index >= 15 is 0 Å². The molecule has 2 aromatic heterocycles. The molecule has 0 aliphatic rings. The standard InChI is InChI=1S/C26H20ClN3O2/c27-22-10-4-1-7-16(22)20(21-14-28-23-11-5-2-9-18(21)23)15-29-26(32)19-13-25(31)30-24-12-6-3-8-17(19)24/h1-14,20,28H,15H2,(H,29,32)(H,30,31)/t20-/m0/s1. The Bertz CT molecular complexity index is 1500. The van der Waals surface area contributed by atoms with Crippen molar-refractivity contribution in [2.75, 3.05) is 6.54 Å². The smallest absolute Gasteiger partial charge is 0.252 e. The molecule has 0 spiro atoms. The normalized spacial score (nSPS) is 12.2. The van der Waals surface area contributed by atoms with Crippen LogP contribution in [0.1, 0.15) is 27.4 Å². The number of H-pyrrole nitrogens is 2. The van der Waals surface area contributed by atoms with Crippen molar-refractivity contribution in [2.45, 2.75) is 5.92 Å². The molecule has 0 fully saturated rings. The fourth-order valence-corrected chi connectivity index (χ4v) is 4.48. The van der Waals surface area contributed by atoms with Gasteiger partial charge in [-0.2, -0.15) is 0 Å². The van der Waals surface area contributed by atoms with Crippen LogP contribution < -0.4 is 10.9 Å². The van der Waals surface area contributed by atoms with Crippen molar-refractivity contribution in [3.05, 3.63) is 117 Å². The number of para-hydroxylation sites is 2. The Balaban J connectivity index is 1.53. The van der Waals surface area contributed by atoms with Crippen LogP contribution in [0.3, 0.4) is 0 Å². The van der Waals surface area contributed by atoms with Gasteiger partial charge in [0, 0.05) is 51.6 Å². The van der Waals surface area contributed by atoms with Gasteiger partial charge in [0.2, 0.25) is 5.56 Å². The average Bonchev–Trinajstić information content (AvgIpc) is 3.23. The molecule has 5 nitrogen and oxygen atoms in total. The number of nitrogens with one attached hydrogen (secondary N) is 3. The second kappa shape index (κ2) is 8.36. The first-order chi connectivity index (χ1) is 15.6. The molecular formula is C26H20ClN3O2.